The van der Waals surface area contributed by atoms with Gasteiger partial charge in [0.25, 0.3) is 5.91 Å². The lowest BCUT2D eigenvalue weighted by molar-refractivity contribution is 0.0597. The average Bonchev–Trinajstić information content (AvgIpc) is 2.60. The quantitative estimate of drug-likeness (QED) is 0.818. The molecule has 0 aromatic heterocycles. The third-order valence-corrected chi connectivity index (χ3v) is 3.61. The third-order valence-electron chi connectivity index (χ3n) is 3.61. The number of methoxy groups -OCH3 is 1. The molecular formula is C19H21NO3. The van der Waals surface area contributed by atoms with Gasteiger partial charge in [0.15, 0.2) is 0 Å². The summed E-state index contributed by atoms with van der Waals surface area (Å²) in [5, 5.41) is 2.81. The Morgan fingerprint density at radius 3 is 2.26 bits per heavy atom. The minimum Gasteiger partial charge on any atom is -0.465 e. The van der Waals surface area contributed by atoms with Gasteiger partial charge in [-0.25, -0.2) is 4.79 Å². The number of ether oxygens (including phenoxy) is 1. The molecule has 0 spiro atoms. The molecule has 0 fully saturated rings. The third kappa shape index (κ3) is 4.42. The van der Waals surface area contributed by atoms with Crippen LogP contribution in [0.3, 0.4) is 0 Å². The van der Waals surface area contributed by atoms with Crippen LogP contribution in [0.1, 0.15) is 46.0 Å². The van der Waals surface area contributed by atoms with Crippen LogP contribution >= 0.6 is 0 Å². The van der Waals surface area contributed by atoms with Crippen LogP contribution in [-0.4, -0.2) is 19.0 Å². The van der Waals surface area contributed by atoms with E-state index in [4.69, 9.17) is 4.74 Å². The molecule has 4 heteroatoms. The lowest BCUT2D eigenvalue weighted by Gasteiger charge is -2.09. The molecule has 2 aromatic carbocycles. The van der Waals surface area contributed by atoms with Crippen molar-refractivity contribution in [2.75, 3.05) is 12.4 Å². The first kappa shape index (κ1) is 16.7. The number of carbonyl (C=O) groups is 2. The molecule has 0 unspecified atom stereocenters. The fourth-order valence-corrected chi connectivity index (χ4v) is 2.30. The van der Waals surface area contributed by atoms with Crippen molar-refractivity contribution in [3.8, 4) is 0 Å². The molecule has 0 aliphatic rings. The summed E-state index contributed by atoms with van der Waals surface area (Å²) in [6, 6.07) is 14.4. The normalized spacial score (nSPS) is 10.2. The summed E-state index contributed by atoms with van der Waals surface area (Å²) in [5.41, 5.74) is 2.51. The molecule has 0 atom stereocenters. The van der Waals surface area contributed by atoms with Crippen molar-refractivity contribution in [1.29, 1.82) is 0 Å². The molecule has 0 saturated carbocycles. The lowest BCUT2D eigenvalue weighted by Crippen LogP contribution is -2.17. The molecule has 1 N–H and O–H groups in total. The van der Waals surface area contributed by atoms with Crippen LogP contribution in [0.25, 0.3) is 0 Å². The minimum atomic E-state index is -0.523. The minimum absolute atomic E-state index is 0.257. The summed E-state index contributed by atoms with van der Waals surface area (Å²) in [6.07, 6.45) is 3.34. The fourth-order valence-electron chi connectivity index (χ4n) is 2.30. The van der Waals surface area contributed by atoms with E-state index in [1.165, 1.54) is 12.7 Å². The number of hydrogen-bond donors (Lipinski definition) is 1. The number of nitrogens with one attached hydrogen (secondary N) is 1. The summed E-state index contributed by atoms with van der Waals surface area (Å²) < 4.78 is 4.71. The lowest BCUT2D eigenvalue weighted by atomic mass is 10.1. The van der Waals surface area contributed by atoms with Gasteiger partial charge in [-0.1, -0.05) is 37.6 Å². The average molecular weight is 311 g/mol. The van der Waals surface area contributed by atoms with E-state index in [0.29, 0.717) is 11.3 Å². The highest BCUT2D eigenvalue weighted by Gasteiger charge is 2.16. The fraction of sp³-hybridized carbons (Fsp3) is 0.263. The van der Waals surface area contributed by atoms with E-state index in [1.807, 2.05) is 24.3 Å². The molecule has 0 radical (unpaired) electrons. The summed E-state index contributed by atoms with van der Waals surface area (Å²) in [7, 11) is 1.30. The Hall–Kier alpha value is -2.62. The molecule has 23 heavy (non-hydrogen) atoms. The van der Waals surface area contributed by atoms with E-state index in [2.05, 4.69) is 12.2 Å². The number of benzene rings is 2. The number of aryl methyl sites for hydroxylation is 1. The smallest absolute Gasteiger partial charge is 0.338 e. The van der Waals surface area contributed by atoms with Crippen molar-refractivity contribution in [3.63, 3.8) is 0 Å². The summed E-state index contributed by atoms with van der Waals surface area (Å²) >= 11 is 0. The summed E-state index contributed by atoms with van der Waals surface area (Å²) in [5.74, 6) is -0.849. The summed E-state index contributed by atoms with van der Waals surface area (Å²) in [4.78, 5) is 24.1. The molecule has 0 bridgehead atoms. The van der Waals surface area contributed by atoms with Crippen molar-refractivity contribution in [3.05, 3.63) is 65.2 Å². The number of carbonyl (C=O) groups excluding carboxylic acids is 2. The largest absolute Gasteiger partial charge is 0.465 e. The number of unbranched alkanes of at least 4 members (excludes halogenated alkanes) is 1. The van der Waals surface area contributed by atoms with Crippen molar-refractivity contribution in [2.24, 2.45) is 0 Å². The molecule has 0 aliphatic carbocycles. The SMILES string of the molecule is CCCCc1ccc(NC(=O)c2ccccc2C(=O)OC)cc1. The number of anilines is 1. The molecular weight excluding hydrogens is 290 g/mol. The van der Waals surface area contributed by atoms with Crippen molar-refractivity contribution < 1.29 is 14.3 Å². The highest BCUT2D eigenvalue weighted by Crippen LogP contribution is 2.15. The molecule has 0 saturated heterocycles. The molecule has 2 aromatic rings. The number of amides is 1. The highest BCUT2D eigenvalue weighted by molar-refractivity contribution is 6.11. The maximum absolute atomic E-state index is 12.4. The second kappa shape index (κ2) is 8.13. The number of rotatable bonds is 6. The Morgan fingerprint density at radius 2 is 1.65 bits per heavy atom. The van der Waals surface area contributed by atoms with Crippen LogP contribution in [0.4, 0.5) is 5.69 Å². The maximum Gasteiger partial charge on any atom is 0.338 e. The van der Waals surface area contributed by atoms with Gasteiger partial charge in [0, 0.05) is 5.69 Å². The first-order chi connectivity index (χ1) is 11.2. The van der Waals surface area contributed by atoms with E-state index in [-0.39, 0.29) is 11.5 Å². The second-order valence-corrected chi connectivity index (χ2v) is 5.29. The van der Waals surface area contributed by atoms with Gasteiger partial charge in [-0.15, -0.1) is 0 Å². The van der Waals surface area contributed by atoms with Gasteiger partial charge in [-0.3, -0.25) is 4.79 Å². The zero-order chi connectivity index (χ0) is 16.7. The molecule has 4 nitrogen and oxygen atoms in total. The zero-order valence-electron chi connectivity index (χ0n) is 13.5. The number of hydrogen-bond acceptors (Lipinski definition) is 3. The van der Waals surface area contributed by atoms with Gasteiger partial charge in [-0.05, 0) is 42.7 Å². The molecule has 0 aliphatic heterocycles. The predicted molar refractivity (Wildman–Crippen MR) is 90.8 cm³/mol. The van der Waals surface area contributed by atoms with E-state index in [1.54, 1.807) is 24.3 Å². The Morgan fingerprint density at radius 1 is 1.00 bits per heavy atom. The van der Waals surface area contributed by atoms with Crippen molar-refractivity contribution in [1.82, 2.24) is 0 Å². The topological polar surface area (TPSA) is 55.4 Å². The van der Waals surface area contributed by atoms with Gasteiger partial charge in [0.05, 0.1) is 18.2 Å². The number of esters is 1. The van der Waals surface area contributed by atoms with E-state index in [0.717, 1.165) is 19.3 Å². The van der Waals surface area contributed by atoms with E-state index in [9.17, 15) is 9.59 Å². The van der Waals surface area contributed by atoms with Crippen LogP contribution in [-0.2, 0) is 11.2 Å². The van der Waals surface area contributed by atoms with Gasteiger partial charge < -0.3 is 10.1 Å². The van der Waals surface area contributed by atoms with Gasteiger partial charge >= 0.3 is 5.97 Å². The maximum atomic E-state index is 12.4. The van der Waals surface area contributed by atoms with Gasteiger partial charge in [0.1, 0.15) is 0 Å². The highest BCUT2D eigenvalue weighted by atomic mass is 16.5. The van der Waals surface area contributed by atoms with Gasteiger partial charge in [-0.2, -0.15) is 0 Å². The van der Waals surface area contributed by atoms with Gasteiger partial charge in [0.2, 0.25) is 0 Å². The van der Waals surface area contributed by atoms with Crippen molar-refractivity contribution in [2.45, 2.75) is 26.2 Å². The zero-order valence-corrected chi connectivity index (χ0v) is 13.5. The molecule has 1 amide bonds. The molecule has 2 rings (SSSR count). The Bertz CT molecular complexity index is 677. The molecule has 0 heterocycles. The predicted octanol–water partition coefficient (Wildman–Crippen LogP) is 4.07. The first-order valence-electron chi connectivity index (χ1n) is 7.73. The Balaban J connectivity index is 2.12. The molecule has 120 valence electrons. The Kier molecular flexibility index (Phi) is 5.92. The Labute approximate surface area is 136 Å². The van der Waals surface area contributed by atoms with Crippen molar-refractivity contribution >= 4 is 17.6 Å². The van der Waals surface area contributed by atoms with Crippen LogP contribution in [0.2, 0.25) is 0 Å². The standard InChI is InChI=1S/C19H21NO3/c1-3-4-7-14-10-12-15(13-11-14)20-18(21)16-8-5-6-9-17(16)19(22)23-2/h5-6,8-13H,3-4,7H2,1-2H3,(H,20,21). The first-order valence-corrected chi connectivity index (χ1v) is 7.73. The van der Waals surface area contributed by atoms with Crippen LogP contribution < -0.4 is 5.32 Å². The van der Waals surface area contributed by atoms with E-state index < -0.39 is 5.97 Å². The van der Waals surface area contributed by atoms with Crippen LogP contribution in [0.5, 0.6) is 0 Å². The van der Waals surface area contributed by atoms with Crippen LogP contribution in [0.15, 0.2) is 48.5 Å². The van der Waals surface area contributed by atoms with E-state index >= 15 is 0 Å². The van der Waals surface area contributed by atoms with Crippen LogP contribution in [0, 0.1) is 0 Å². The second-order valence-electron chi connectivity index (χ2n) is 5.29. The summed E-state index contributed by atoms with van der Waals surface area (Å²) in [6.45, 7) is 2.16. The monoisotopic (exact) mass is 311 g/mol.